The van der Waals surface area contributed by atoms with E-state index in [9.17, 15) is 14.4 Å². The normalized spacial score (nSPS) is 18.0. The Morgan fingerprint density at radius 3 is 2.05 bits per heavy atom. The van der Waals surface area contributed by atoms with Gasteiger partial charge in [-0.15, -0.1) is 0 Å². The van der Waals surface area contributed by atoms with Crippen LogP contribution in [0.25, 0.3) is 0 Å². The first-order valence-corrected chi connectivity index (χ1v) is 13.9. The van der Waals surface area contributed by atoms with Crippen molar-refractivity contribution >= 4 is 17.7 Å². The van der Waals surface area contributed by atoms with Crippen molar-refractivity contribution in [2.45, 2.75) is 105 Å². The van der Waals surface area contributed by atoms with E-state index in [1.165, 1.54) is 4.90 Å². The van der Waals surface area contributed by atoms with E-state index in [1.54, 1.807) is 24.9 Å². The van der Waals surface area contributed by atoms with Crippen molar-refractivity contribution in [3.8, 4) is 12.1 Å². The Bertz CT molecular complexity index is 896. The zero-order valence-corrected chi connectivity index (χ0v) is 24.7. The molecule has 38 heavy (non-hydrogen) atoms. The average molecular weight is 529 g/mol. The first kappa shape index (κ1) is 33.1. The smallest absolute Gasteiger partial charge is 0.249 e. The fourth-order valence-corrected chi connectivity index (χ4v) is 5.00. The molecule has 0 radical (unpaired) electrons. The third-order valence-electron chi connectivity index (χ3n) is 7.25. The Balaban J connectivity index is 3.13. The number of nitrogens with zero attached hydrogens (tertiary/aromatic N) is 5. The highest BCUT2D eigenvalue weighted by Gasteiger charge is 2.36. The molecule has 1 rings (SSSR count). The molecular formula is C29H48N6O3. The van der Waals surface area contributed by atoms with Crippen molar-refractivity contribution in [2.24, 2.45) is 11.8 Å². The second-order valence-electron chi connectivity index (χ2n) is 11.2. The number of amides is 3. The van der Waals surface area contributed by atoms with Crippen LogP contribution in [0.1, 0.15) is 80.6 Å². The monoisotopic (exact) mass is 528 g/mol. The molecule has 1 aliphatic heterocycles. The van der Waals surface area contributed by atoms with Crippen LogP contribution < -0.4 is 5.32 Å². The number of hydrogen-bond acceptors (Lipinski definition) is 6. The standard InChI is InChI=1S/C29H48N6O3/c1-20(2)25(19-23(7)28(37)34(16-11-14-30)17-12-15-31)33(8)29(38)26(21(3)4)32-27(36)24-13-9-10-18-35(24)22(5)6/h19-22,24-26H,9-13,16-18H2,1-8H3,(H,32,36)/b23-19+. The maximum absolute atomic E-state index is 13.7. The minimum atomic E-state index is -0.683. The predicted octanol–water partition coefficient (Wildman–Crippen LogP) is 3.48. The first-order chi connectivity index (χ1) is 17.9. The van der Waals surface area contributed by atoms with Crippen LogP contribution >= 0.6 is 0 Å². The van der Waals surface area contributed by atoms with Gasteiger partial charge in [0.2, 0.25) is 17.7 Å². The molecule has 212 valence electrons. The van der Waals surface area contributed by atoms with E-state index in [-0.39, 0.29) is 73.6 Å². The summed E-state index contributed by atoms with van der Waals surface area (Å²) in [5.41, 5.74) is 0.458. The molecule has 1 fully saturated rings. The van der Waals surface area contributed by atoms with Gasteiger partial charge in [0.25, 0.3) is 0 Å². The molecule has 1 aliphatic rings. The summed E-state index contributed by atoms with van der Waals surface area (Å²) in [6, 6.07) is 3.04. The molecule has 1 N–H and O–H groups in total. The second-order valence-corrected chi connectivity index (χ2v) is 11.2. The van der Waals surface area contributed by atoms with Gasteiger partial charge in [-0.2, -0.15) is 10.5 Å². The molecule has 3 amide bonds. The SMILES string of the molecule is C/C(=C\C(C(C)C)N(C)C(=O)C(NC(=O)C1CCCCN1C(C)C)C(C)C)C(=O)N(CCC#N)CCC#N. The molecule has 0 spiro atoms. The lowest BCUT2D eigenvalue weighted by molar-refractivity contribution is -0.140. The maximum atomic E-state index is 13.7. The minimum absolute atomic E-state index is 0.0108. The Labute approximate surface area is 229 Å². The highest BCUT2D eigenvalue weighted by molar-refractivity contribution is 5.93. The maximum Gasteiger partial charge on any atom is 0.249 e. The average Bonchev–Trinajstić information content (AvgIpc) is 2.88. The van der Waals surface area contributed by atoms with Gasteiger partial charge in [0.05, 0.1) is 37.1 Å². The summed E-state index contributed by atoms with van der Waals surface area (Å²) in [4.78, 5) is 45.6. The summed E-state index contributed by atoms with van der Waals surface area (Å²) in [5, 5.41) is 21.0. The van der Waals surface area contributed by atoms with Gasteiger partial charge in [0, 0.05) is 31.8 Å². The van der Waals surface area contributed by atoms with Crippen molar-refractivity contribution < 1.29 is 14.4 Å². The molecule has 0 aromatic carbocycles. The largest absolute Gasteiger partial charge is 0.343 e. The number of nitrogens with one attached hydrogen (secondary N) is 1. The lowest BCUT2D eigenvalue weighted by atomic mass is 9.95. The molecule has 1 saturated heterocycles. The van der Waals surface area contributed by atoms with Crippen molar-refractivity contribution in [1.29, 1.82) is 10.5 Å². The molecule has 9 heteroatoms. The quantitative estimate of drug-likeness (QED) is 0.366. The van der Waals surface area contributed by atoms with Crippen LogP contribution in [0, 0.1) is 34.5 Å². The molecule has 0 aromatic heterocycles. The molecule has 3 atom stereocenters. The summed E-state index contributed by atoms with van der Waals surface area (Å²) in [7, 11) is 1.72. The molecular weight excluding hydrogens is 480 g/mol. The summed E-state index contributed by atoms with van der Waals surface area (Å²) in [5.74, 6) is -0.649. The van der Waals surface area contributed by atoms with Crippen LogP contribution in [-0.4, -0.2) is 83.3 Å². The van der Waals surface area contributed by atoms with Crippen molar-refractivity contribution in [3.63, 3.8) is 0 Å². The Morgan fingerprint density at radius 2 is 1.58 bits per heavy atom. The van der Waals surface area contributed by atoms with E-state index in [1.807, 2.05) is 39.8 Å². The molecule has 9 nitrogen and oxygen atoms in total. The molecule has 0 aromatic rings. The molecule has 0 saturated carbocycles. The zero-order valence-electron chi connectivity index (χ0n) is 24.7. The van der Waals surface area contributed by atoms with E-state index < -0.39 is 6.04 Å². The summed E-state index contributed by atoms with van der Waals surface area (Å²) in [6.07, 6.45) is 5.00. The first-order valence-electron chi connectivity index (χ1n) is 13.9. The minimum Gasteiger partial charge on any atom is -0.343 e. The van der Waals surface area contributed by atoms with E-state index in [2.05, 4.69) is 24.1 Å². The number of carbonyl (C=O) groups is 3. The van der Waals surface area contributed by atoms with E-state index in [0.29, 0.717) is 5.57 Å². The third kappa shape index (κ3) is 9.44. The highest BCUT2D eigenvalue weighted by Crippen LogP contribution is 2.21. The van der Waals surface area contributed by atoms with Crippen LogP contribution in [0.2, 0.25) is 0 Å². The van der Waals surface area contributed by atoms with Crippen LogP contribution in [0.3, 0.4) is 0 Å². The molecule has 0 bridgehead atoms. The number of piperidine rings is 1. The summed E-state index contributed by atoms with van der Waals surface area (Å²) < 4.78 is 0. The van der Waals surface area contributed by atoms with E-state index in [0.717, 1.165) is 25.8 Å². The van der Waals surface area contributed by atoms with Crippen molar-refractivity contribution in [2.75, 3.05) is 26.7 Å². The molecule has 1 heterocycles. The Kier molecular flexibility index (Phi) is 14.1. The van der Waals surface area contributed by atoms with Gasteiger partial charge in [0.1, 0.15) is 6.04 Å². The van der Waals surface area contributed by atoms with Gasteiger partial charge in [-0.1, -0.05) is 40.2 Å². The summed E-state index contributed by atoms with van der Waals surface area (Å²) >= 11 is 0. The van der Waals surface area contributed by atoms with Crippen LogP contribution in [0.5, 0.6) is 0 Å². The van der Waals surface area contributed by atoms with Gasteiger partial charge >= 0.3 is 0 Å². The lowest BCUT2D eigenvalue weighted by Crippen LogP contribution is -2.58. The van der Waals surface area contributed by atoms with Crippen molar-refractivity contribution in [3.05, 3.63) is 11.6 Å². The van der Waals surface area contributed by atoms with Gasteiger partial charge in [-0.25, -0.2) is 0 Å². The zero-order chi connectivity index (χ0) is 29.0. The Hall–Kier alpha value is -2.91. The topological polar surface area (TPSA) is 121 Å². The fourth-order valence-electron chi connectivity index (χ4n) is 5.00. The predicted molar refractivity (Wildman–Crippen MR) is 148 cm³/mol. The van der Waals surface area contributed by atoms with Crippen LogP contribution in [-0.2, 0) is 14.4 Å². The van der Waals surface area contributed by atoms with Gasteiger partial charge < -0.3 is 15.1 Å². The highest BCUT2D eigenvalue weighted by atomic mass is 16.2. The molecule has 3 unspecified atom stereocenters. The van der Waals surface area contributed by atoms with Crippen LogP contribution in [0.15, 0.2) is 11.6 Å². The Morgan fingerprint density at radius 1 is 1.00 bits per heavy atom. The lowest BCUT2D eigenvalue weighted by Gasteiger charge is -2.39. The third-order valence-corrected chi connectivity index (χ3v) is 7.25. The number of hydrogen-bond donors (Lipinski definition) is 1. The van der Waals surface area contributed by atoms with Gasteiger partial charge in [0.15, 0.2) is 0 Å². The number of likely N-dealkylation sites (tertiary alicyclic amines) is 1. The van der Waals surface area contributed by atoms with Crippen LogP contribution in [0.4, 0.5) is 0 Å². The van der Waals surface area contributed by atoms with Crippen molar-refractivity contribution in [1.82, 2.24) is 20.0 Å². The van der Waals surface area contributed by atoms with E-state index >= 15 is 0 Å². The second kappa shape index (κ2) is 16.1. The number of carbonyl (C=O) groups excluding carboxylic acids is 3. The number of nitriles is 2. The fraction of sp³-hybridized carbons (Fsp3) is 0.759. The molecule has 0 aliphatic carbocycles. The van der Waals surface area contributed by atoms with Gasteiger partial charge in [-0.05, 0) is 52.0 Å². The number of likely N-dealkylation sites (N-methyl/N-ethyl adjacent to an activating group) is 1. The van der Waals surface area contributed by atoms with Gasteiger partial charge in [-0.3, -0.25) is 19.3 Å². The number of rotatable bonds is 13. The summed E-state index contributed by atoms with van der Waals surface area (Å²) in [6.45, 7) is 15.1. The van der Waals surface area contributed by atoms with E-state index in [4.69, 9.17) is 10.5 Å².